The van der Waals surface area contributed by atoms with Crippen molar-refractivity contribution in [2.45, 2.75) is 363 Å². The molecule has 4 unspecified atom stereocenters. The van der Waals surface area contributed by atoms with E-state index in [0.717, 1.165) is 114 Å². The molecular formula is C70H136O17P2. The number of phosphoric ester groups is 2. The quantitative estimate of drug-likeness (QED) is 0.0222. The lowest BCUT2D eigenvalue weighted by molar-refractivity contribution is -0.161. The molecule has 89 heavy (non-hydrogen) atoms. The van der Waals surface area contributed by atoms with Crippen LogP contribution in [0.4, 0.5) is 0 Å². The summed E-state index contributed by atoms with van der Waals surface area (Å²) in [6.45, 7) is 14.1. The highest BCUT2D eigenvalue weighted by atomic mass is 31.2. The smallest absolute Gasteiger partial charge is 0.462 e. The number of hydrogen-bond donors (Lipinski definition) is 3. The number of carbonyl (C=O) groups is 4. The van der Waals surface area contributed by atoms with Gasteiger partial charge in [0, 0.05) is 25.7 Å². The van der Waals surface area contributed by atoms with Crippen LogP contribution >= 0.6 is 15.6 Å². The van der Waals surface area contributed by atoms with E-state index in [-0.39, 0.29) is 25.7 Å². The first kappa shape index (κ1) is 87.1. The third-order valence-corrected chi connectivity index (χ3v) is 18.3. The second-order valence-corrected chi connectivity index (χ2v) is 29.8. The predicted molar refractivity (Wildman–Crippen MR) is 358 cm³/mol. The maximum absolute atomic E-state index is 13.0. The van der Waals surface area contributed by atoms with Crippen LogP contribution in [0.3, 0.4) is 0 Å². The van der Waals surface area contributed by atoms with Crippen molar-refractivity contribution >= 4 is 39.5 Å². The normalized spacial score (nSPS) is 14.6. The number of aliphatic hydroxyl groups is 1. The number of rotatable bonds is 67. The van der Waals surface area contributed by atoms with E-state index < -0.39 is 97.5 Å². The molecule has 0 rings (SSSR count). The van der Waals surface area contributed by atoms with Crippen LogP contribution < -0.4 is 0 Å². The minimum atomic E-state index is -4.95. The van der Waals surface area contributed by atoms with Crippen molar-refractivity contribution in [3.05, 3.63) is 0 Å². The second kappa shape index (κ2) is 59.8. The van der Waals surface area contributed by atoms with Crippen molar-refractivity contribution in [1.82, 2.24) is 0 Å². The molecule has 0 spiro atoms. The highest BCUT2D eigenvalue weighted by molar-refractivity contribution is 7.47. The molecule has 0 aromatic carbocycles. The Kier molecular flexibility index (Phi) is 58.5. The first-order valence-electron chi connectivity index (χ1n) is 36.2. The fraction of sp³-hybridized carbons (Fsp3) is 0.943. The van der Waals surface area contributed by atoms with Crippen molar-refractivity contribution < 1.29 is 80.2 Å². The lowest BCUT2D eigenvalue weighted by atomic mass is 10.00. The van der Waals surface area contributed by atoms with E-state index >= 15 is 0 Å². The number of ether oxygens (including phenoxy) is 4. The van der Waals surface area contributed by atoms with Crippen LogP contribution in [-0.2, 0) is 65.4 Å². The first-order valence-corrected chi connectivity index (χ1v) is 39.2. The van der Waals surface area contributed by atoms with Crippen molar-refractivity contribution in [2.75, 3.05) is 39.6 Å². The van der Waals surface area contributed by atoms with E-state index in [4.69, 9.17) is 37.0 Å². The summed E-state index contributed by atoms with van der Waals surface area (Å²) in [4.78, 5) is 72.5. The van der Waals surface area contributed by atoms with Gasteiger partial charge in [0.25, 0.3) is 0 Å². The number of unbranched alkanes of at least 4 members (excludes halogenated alkanes) is 32. The van der Waals surface area contributed by atoms with Gasteiger partial charge in [-0.05, 0) is 49.4 Å². The van der Waals surface area contributed by atoms with Crippen LogP contribution in [0.5, 0.6) is 0 Å². The Balaban J connectivity index is 5.26. The molecule has 0 aliphatic carbocycles. The van der Waals surface area contributed by atoms with E-state index in [0.29, 0.717) is 25.7 Å². The van der Waals surface area contributed by atoms with E-state index in [1.54, 1.807) is 0 Å². The first-order chi connectivity index (χ1) is 42.6. The van der Waals surface area contributed by atoms with Gasteiger partial charge in [-0.25, -0.2) is 9.13 Å². The Morgan fingerprint density at radius 3 is 0.798 bits per heavy atom. The van der Waals surface area contributed by atoms with Gasteiger partial charge in [-0.15, -0.1) is 0 Å². The van der Waals surface area contributed by atoms with Gasteiger partial charge in [-0.3, -0.25) is 37.3 Å². The molecule has 3 N–H and O–H groups in total. The van der Waals surface area contributed by atoms with Crippen LogP contribution in [0, 0.1) is 23.7 Å². The fourth-order valence-electron chi connectivity index (χ4n) is 10.5. The molecule has 0 amide bonds. The van der Waals surface area contributed by atoms with Gasteiger partial charge in [0.2, 0.25) is 0 Å². The molecule has 528 valence electrons. The molecule has 17 nitrogen and oxygen atoms in total. The average molecular weight is 1310 g/mol. The molecule has 6 atom stereocenters. The van der Waals surface area contributed by atoms with E-state index in [9.17, 15) is 43.2 Å². The summed E-state index contributed by atoms with van der Waals surface area (Å²) in [5, 5.41) is 10.6. The lowest BCUT2D eigenvalue weighted by Gasteiger charge is -2.21. The Hall–Kier alpha value is -1.94. The number of esters is 4. The zero-order valence-corrected chi connectivity index (χ0v) is 59.8. The lowest BCUT2D eigenvalue weighted by Crippen LogP contribution is -2.30. The van der Waals surface area contributed by atoms with Crippen LogP contribution in [0.1, 0.15) is 344 Å². The predicted octanol–water partition coefficient (Wildman–Crippen LogP) is 19.7. The number of carbonyl (C=O) groups excluding carboxylic acids is 4. The summed E-state index contributed by atoms with van der Waals surface area (Å²) in [6, 6.07) is 0. The SMILES string of the molecule is CCC(C)CCCCCCCCC(=O)O[C@H](COC(=O)CCCCCCCCCCC(C)C)COP(=O)(O)OCC(O)COP(=O)(O)OC[C@@H](COC(=O)CCCCCCCCCCCCC(C)C)OC(=O)CCCCCCCCCCCCCCC(C)C. The monoisotopic (exact) mass is 1310 g/mol. The highest BCUT2D eigenvalue weighted by Crippen LogP contribution is 2.45. The van der Waals surface area contributed by atoms with Crippen molar-refractivity contribution in [2.24, 2.45) is 23.7 Å². The zero-order chi connectivity index (χ0) is 66.1. The molecule has 0 aliphatic heterocycles. The van der Waals surface area contributed by atoms with Crippen molar-refractivity contribution in [3.63, 3.8) is 0 Å². The van der Waals surface area contributed by atoms with Gasteiger partial charge in [-0.2, -0.15) is 0 Å². The molecular weight excluding hydrogens is 1170 g/mol. The topological polar surface area (TPSA) is 237 Å². The van der Waals surface area contributed by atoms with Gasteiger partial charge in [0.05, 0.1) is 26.4 Å². The summed E-state index contributed by atoms with van der Waals surface area (Å²) in [5.41, 5.74) is 0. The third-order valence-electron chi connectivity index (χ3n) is 16.4. The average Bonchev–Trinajstić information content (AvgIpc) is 3.61. The Labute approximate surface area is 543 Å². The van der Waals surface area contributed by atoms with Crippen LogP contribution in [-0.4, -0.2) is 96.7 Å². The standard InChI is InChI=1S/C70H136O17P2/c1-9-63(8)49-41-33-28-29-37-45-53-70(75)87-66(57-81-68(73)51-43-35-26-21-20-24-32-40-48-62(6)7)59-85-89(78,79)83-55-64(71)54-82-88(76,77)84-58-65(56-80-67(72)50-42-34-25-18-15-14-17-23-31-39-47-61(4)5)86-69(74)52-44-36-27-19-13-11-10-12-16-22-30-38-46-60(2)3/h60-66,71H,9-59H2,1-8H3,(H,76,77)(H,78,79)/t63?,64?,65-,66-/m1/s1. The van der Waals surface area contributed by atoms with Gasteiger partial charge in [0.1, 0.15) is 19.3 Å². The summed E-state index contributed by atoms with van der Waals surface area (Å²) >= 11 is 0. The Morgan fingerprint density at radius 2 is 0.539 bits per heavy atom. The zero-order valence-electron chi connectivity index (χ0n) is 58.1. The maximum atomic E-state index is 13.0. The second-order valence-electron chi connectivity index (χ2n) is 26.9. The summed E-state index contributed by atoms with van der Waals surface area (Å²) in [5.74, 6) is 0.850. The maximum Gasteiger partial charge on any atom is 0.472 e. The molecule has 0 fully saturated rings. The minimum absolute atomic E-state index is 0.102. The van der Waals surface area contributed by atoms with E-state index in [1.165, 1.54) is 148 Å². The Bertz CT molecular complexity index is 1770. The number of phosphoric acid groups is 2. The van der Waals surface area contributed by atoms with Gasteiger partial charge < -0.3 is 33.8 Å². The summed E-state index contributed by atoms with van der Waals surface area (Å²) < 4.78 is 68.3. The molecule has 0 bridgehead atoms. The van der Waals surface area contributed by atoms with E-state index in [1.807, 2.05) is 0 Å². The minimum Gasteiger partial charge on any atom is -0.462 e. The van der Waals surface area contributed by atoms with Gasteiger partial charge in [0.15, 0.2) is 12.2 Å². The van der Waals surface area contributed by atoms with Gasteiger partial charge >= 0.3 is 39.5 Å². The summed E-state index contributed by atoms with van der Waals surface area (Å²) in [6.07, 6.45) is 41.7. The molecule has 0 aliphatic rings. The molecule has 0 saturated heterocycles. The summed E-state index contributed by atoms with van der Waals surface area (Å²) in [7, 11) is -9.90. The number of aliphatic hydroxyl groups excluding tert-OH is 1. The molecule has 19 heteroatoms. The number of hydrogen-bond acceptors (Lipinski definition) is 15. The molecule has 0 saturated carbocycles. The van der Waals surface area contributed by atoms with Crippen molar-refractivity contribution in [3.8, 4) is 0 Å². The van der Waals surface area contributed by atoms with Gasteiger partial charge in [-0.1, -0.05) is 293 Å². The molecule has 0 aromatic heterocycles. The Morgan fingerprint density at radius 1 is 0.315 bits per heavy atom. The third kappa shape index (κ3) is 63.2. The fourth-order valence-corrected chi connectivity index (χ4v) is 12.0. The molecule has 0 aromatic rings. The van der Waals surface area contributed by atoms with Crippen LogP contribution in [0.15, 0.2) is 0 Å². The largest absolute Gasteiger partial charge is 0.472 e. The van der Waals surface area contributed by atoms with E-state index in [2.05, 4.69) is 55.4 Å². The highest BCUT2D eigenvalue weighted by Gasteiger charge is 2.30. The van der Waals surface area contributed by atoms with Crippen LogP contribution in [0.2, 0.25) is 0 Å². The van der Waals surface area contributed by atoms with Crippen molar-refractivity contribution in [1.29, 1.82) is 0 Å². The molecule has 0 heterocycles. The van der Waals surface area contributed by atoms with Crippen LogP contribution in [0.25, 0.3) is 0 Å². The molecule has 0 radical (unpaired) electrons.